The van der Waals surface area contributed by atoms with Crippen molar-refractivity contribution < 1.29 is 9.59 Å². The van der Waals surface area contributed by atoms with E-state index in [1.807, 2.05) is 50.2 Å². The molecule has 0 radical (unpaired) electrons. The van der Waals surface area contributed by atoms with Crippen LogP contribution in [-0.2, 0) is 22.6 Å². The van der Waals surface area contributed by atoms with Crippen LogP contribution in [0.15, 0.2) is 42.5 Å². The first kappa shape index (κ1) is 20.0. The van der Waals surface area contributed by atoms with Gasteiger partial charge in [0.25, 0.3) is 0 Å². The van der Waals surface area contributed by atoms with E-state index < -0.39 is 6.04 Å². The number of benzene rings is 2. The number of nitrogens with one attached hydrogen (secondary N) is 1. The molecule has 1 unspecified atom stereocenters. The molecule has 0 saturated heterocycles. The Morgan fingerprint density at radius 3 is 2.42 bits per heavy atom. The van der Waals surface area contributed by atoms with Crippen molar-refractivity contribution in [3.05, 3.63) is 69.7 Å². The van der Waals surface area contributed by atoms with Crippen LogP contribution < -0.4 is 5.32 Å². The largest absolute Gasteiger partial charge is 0.357 e. The molecule has 0 aromatic heterocycles. The summed E-state index contributed by atoms with van der Waals surface area (Å²) in [6.07, 6.45) is 0.253. The summed E-state index contributed by atoms with van der Waals surface area (Å²) in [7, 11) is 1.57. The molecule has 2 aromatic rings. The molecule has 2 aromatic carbocycles. The summed E-state index contributed by atoms with van der Waals surface area (Å²) in [5.41, 5.74) is 4.17. The van der Waals surface area contributed by atoms with Crippen LogP contribution in [0.1, 0.15) is 29.2 Å². The smallest absolute Gasteiger partial charge is 0.242 e. The zero-order valence-electron chi connectivity index (χ0n) is 15.7. The van der Waals surface area contributed by atoms with Gasteiger partial charge in [-0.3, -0.25) is 9.59 Å². The van der Waals surface area contributed by atoms with Crippen molar-refractivity contribution in [1.29, 1.82) is 0 Å². The monoisotopic (exact) mass is 372 g/mol. The molecule has 0 aliphatic heterocycles. The molecule has 0 bridgehead atoms. The molecule has 138 valence electrons. The topological polar surface area (TPSA) is 49.4 Å². The van der Waals surface area contributed by atoms with Crippen LogP contribution in [0, 0.1) is 13.8 Å². The maximum Gasteiger partial charge on any atom is 0.242 e. The van der Waals surface area contributed by atoms with Gasteiger partial charge in [0.15, 0.2) is 0 Å². The lowest BCUT2D eigenvalue weighted by Crippen LogP contribution is -2.47. The fraction of sp³-hybridized carbons (Fsp3) is 0.333. The van der Waals surface area contributed by atoms with Gasteiger partial charge in [-0.1, -0.05) is 41.9 Å². The fourth-order valence-electron chi connectivity index (χ4n) is 2.81. The Hall–Kier alpha value is -2.33. The van der Waals surface area contributed by atoms with Gasteiger partial charge < -0.3 is 10.2 Å². The Bertz CT molecular complexity index is 804. The quantitative estimate of drug-likeness (QED) is 0.841. The predicted octanol–water partition coefficient (Wildman–Crippen LogP) is 3.66. The van der Waals surface area contributed by atoms with Crippen LogP contribution in [0.5, 0.6) is 0 Å². The van der Waals surface area contributed by atoms with Crippen LogP contribution >= 0.6 is 11.6 Å². The second kappa shape index (κ2) is 8.86. The summed E-state index contributed by atoms with van der Waals surface area (Å²) in [6.45, 7) is 6.14. The summed E-state index contributed by atoms with van der Waals surface area (Å²) in [6, 6.07) is 12.8. The summed E-state index contributed by atoms with van der Waals surface area (Å²) in [4.78, 5) is 26.7. The Labute approximate surface area is 160 Å². The van der Waals surface area contributed by atoms with Crippen molar-refractivity contribution in [2.24, 2.45) is 0 Å². The SMILES string of the molecule is CNC(=O)C(C)N(Cc1cccc(Cl)c1)C(=O)Cc1ccc(C)c(C)c1. The van der Waals surface area contributed by atoms with E-state index in [-0.39, 0.29) is 18.2 Å². The molecule has 0 aliphatic carbocycles. The summed E-state index contributed by atoms with van der Waals surface area (Å²) < 4.78 is 0. The lowest BCUT2D eigenvalue weighted by atomic mass is 10.0. The van der Waals surface area contributed by atoms with Crippen molar-refractivity contribution in [3.63, 3.8) is 0 Å². The third-order valence-electron chi connectivity index (χ3n) is 4.58. The first-order valence-electron chi connectivity index (χ1n) is 8.63. The fourth-order valence-corrected chi connectivity index (χ4v) is 3.03. The number of rotatable bonds is 6. The Balaban J connectivity index is 2.25. The van der Waals surface area contributed by atoms with Crippen LogP contribution in [-0.4, -0.2) is 29.8 Å². The second-order valence-electron chi connectivity index (χ2n) is 6.54. The lowest BCUT2D eigenvalue weighted by molar-refractivity contribution is -0.139. The maximum absolute atomic E-state index is 13.0. The third-order valence-corrected chi connectivity index (χ3v) is 4.82. The van der Waals surface area contributed by atoms with Gasteiger partial charge in [0.1, 0.15) is 6.04 Å². The minimum atomic E-state index is -0.571. The number of aryl methyl sites for hydroxylation is 2. The van der Waals surface area contributed by atoms with Gasteiger partial charge in [-0.05, 0) is 55.2 Å². The average molecular weight is 373 g/mol. The zero-order chi connectivity index (χ0) is 19.3. The number of carbonyl (C=O) groups excluding carboxylic acids is 2. The standard InChI is InChI=1S/C21H25ClN2O2/c1-14-8-9-17(10-15(14)2)12-20(25)24(16(3)21(26)23-4)13-18-6-5-7-19(22)11-18/h5-11,16H,12-13H2,1-4H3,(H,23,26). The van der Waals surface area contributed by atoms with Gasteiger partial charge in [0, 0.05) is 18.6 Å². The Morgan fingerprint density at radius 2 is 1.81 bits per heavy atom. The molecule has 1 atom stereocenters. The lowest BCUT2D eigenvalue weighted by Gasteiger charge is -2.28. The van der Waals surface area contributed by atoms with E-state index in [9.17, 15) is 9.59 Å². The predicted molar refractivity (Wildman–Crippen MR) is 105 cm³/mol. The van der Waals surface area contributed by atoms with Crippen molar-refractivity contribution in [2.75, 3.05) is 7.05 Å². The van der Waals surface area contributed by atoms with Crippen molar-refractivity contribution in [2.45, 2.75) is 39.8 Å². The minimum absolute atomic E-state index is 0.0932. The molecular weight excluding hydrogens is 348 g/mol. The van der Waals surface area contributed by atoms with Gasteiger partial charge >= 0.3 is 0 Å². The minimum Gasteiger partial charge on any atom is -0.357 e. The summed E-state index contributed by atoms with van der Waals surface area (Å²) >= 11 is 6.06. The second-order valence-corrected chi connectivity index (χ2v) is 6.97. The zero-order valence-corrected chi connectivity index (χ0v) is 16.4. The van der Waals surface area contributed by atoms with E-state index in [0.717, 1.165) is 16.7 Å². The number of hydrogen-bond donors (Lipinski definition) is 1. The molecule has 0 spiro atoms. The molecule has 0 heterocycles. The maximum atomic E-state index is 13.0. The summed E-state index contributed by atoms with van der Waals surface area (Å²) in [5.74, 6) is -0.287. The van der Waals surface area contributed by atoms with Gasteiger partial charge in [0.05, 0.1) is 6.42 Å². The van der Waals surface area contributed by atoms with Crippen molar-refractivity contribution in [1.82, 2.24) is 10.2 Å². The van der Waals surface area contributed by atoms with Crippen LogP contribution in [0.25, 0.3) is 0 Å². The molecule has 1 N–H and O–H groups in total. The highest BCUT2D eigenvalue weighted by Crippen LogP contribution is 2.17. The molecular formula is C21H25ClN2O2. The van der Waals surface area contributed by atoms with Gasteiger partial charge in [-0.25, -0.2) is 0 Å². The van der Waals surface area contributed by atoms with Gasteiger partial charge in [-0.2, -0.15) is 0 Å². The molecule has 0 aliphatic rings. The average Bonchev–Trinajstić information content (AvgIpc) is 2.61. The van der Waals surface area contributed by atoms with E-state index >= 15 is 0 Å². The number of nitrogens with zero attached hydrogens (tertiary/aromatic N) is 1. The number of carbonyl (C=O) groups is 2. The van der Waals surface area contributed by atoms with E-state index in [0.29, 0.717) is 11.6 Å². The Kier molecular flexibility index (Phi) is 6.81. The van der Waals surface area contributed by atoms with Crippen LogP contribution in [0.4, 0.5) is 0 Å². The highest BCUT2D eigenvalue weighted by atomic mass is 35.5. The number of halogens is 1. The Morgan fingerprint density at radius 1 is 1.08 bits per heavy atom. The van der Waals surface area contributed by atoms with Crippen molar-refractivity contribution in [3.8, 4) is 0 Å². The molecule has 26 heavy (non-hydrogen) atoms. The molecule has 2 amide bonds. The van der Waals surface area contributed by atoms with Gasteiger partial charge in [-0.15, -0.1) is 0 Å². The van der Waals surface area contributed by atoms with Gasteiger partial charge in [0.2, 0.25) is 11.8 Å². The molecule has 0 saturated carbocycles. The van der Waals surface area contributed by atoms with E-state index in [2.05, 4.69) is 5.32 Å². The normalized spacial score (nSPS) is 11.7. The number of likely N-dealkylation sites (N-methyl/N-ethyl adjacent to an activating group) is 1. The van der Waals surface area contributed by atoms with Crippen LogP contribution in [0.3, 0.4) is 0 Å². The highest BCUT2D eigenvalue weighted by Gasteiger charge is 2.25. The van der Waals surface area contributed by atoms with Crippen molar-refractivity contribution >= 4 is 23.4 Å². The molecule has 4 nitrogen and oxygen atoms in total. The first-order valence-corrected chi connectivity index (χ1v) is 9.01. The molecule has 2 rings (SSSR count). The molecule has 0 fully saturated rings. The third kappa shape index (κ3) is 5.09. The summed E-state index contributed by atoms with van der Waals surface area (Å²) in [5, 5.41) is 3.23. The van der Waals surface area contributed by atoms with E-state index in [1.165, 1.54) is 5.56 Å². The first-order chi connectivity index (χ1) is 12.3. The molecule has 5 heteroatoms. The number of hydrogen-bond acceptors (Lipinski definition) is 2. The van der Waals surface area contributed by atoms with E-state index in [4.69, 9.17) is 11.6 Å². The van der Waals surface area contributed by atoms with E-state index in [1.54, 1.807) is 24.9 Å². The van der Waals surface area contributed by atoms with Crippen LogP contribution in [0.2, 0.25) is 5.02 Å². The number of amides is 2. The highest BCUT2D eigenvalue weighted by molar-refractivity contribution is 6.30.